The minimum absolute atomic E-state index is 0.612. The Morgan fingerprint density at radius 3 is 2.50 bits per heavy atom. The smallest absolute Gasteiger partial charge is 0.107 e. The van der Waals surface area contributed by atoms with Crippen molar-refractivity contribution in [1.82, 2.24) is 0 Å². The van der Waals surface area contributed by atoms with Crippen molar-refractivity contribution in [3.8, 4) is 0 Å². The fraction of sp³-hybridized carbons (Fsp3) is 0.923. The first-order valence-electron chi connectivity index (χ1n) is 6.48. The van der Waals surface area contributed by atoms with Crippen molar-refractivity contribution in [2.75, 3.05) is 24.9 Å². The molecule has 5 heteroatoms. The van der Waals surface area contributed by atoms with Crippen molar-refractivity contribution in [3.05, 3.63) is 0 Å². The normalized spacial score (nSPS) is 20.4. The number of carboxylic acid groups (broad SMARTS) is 1. The summed E-state index contributed by atoms with van der Waals surface area (Å²) in [7, 11) is 0.641. The van der Waals surface area contributed by atoms with Gasteiger partial charge in [0.1, 0.15) is 5.75 Å². The summed E-state index contributed by atoms with van der Waals surface area (Å²) in [5, 5.41) is 17.3. The number of aliphatic hydroxyl groups is 1. The number of aliphatic carboxylic acids is 1. The molecule has 0 aromatic carbocycles. The molecule has 1 aliphatic rings. The fourth-order valence-electron chi connectivity index (χ4n) is 1.63. The van der Waals surface area contributed by atoms with Crippen LogP contribution in [0.15, 0.2) is 0 Å². The lowest BCUT2D eigenvalue weighted by Crippen LogP contribution is -2.32. The highest BCUT2D eigenvalue weighted by molar-refractivity contribution is 7.95. The molecule has 1 aliphatic heterocycles. The fourth-order valence-corrected chi connectivity index (χ4v) is 2.42. The Bertz CT molecular complexity index is 213. The molecule has 108 valence electrons. The van der Waals surface area contributed by atoms with Crippen LogP contribution < -0.4 is 5.11 Å². The van der Waals surface area contributed by atoms with Gasteiger partial charge in [0.05, 0.1) is 30.7 Å². The van der Waals surface area contributed by atoms with Gasteiger partial charge in [-0.1, -0.05) is 0 Å². The predicted octanol–water partition coefficient (Wildman–Crippen LogP) is 0.331. The van der Waals surface area contributed by atoms with E-state index in [1.54, 1.807) is 0 Å². The summed E-state index contributed by atoms with van der Waals surface area (Å²) < 4.78 is 5.56. The molecule has 0 aromatic rings. The first-order chi connectivity index (χ1) is 8.43. The van der Waals surface area contributed by atoms with Crippen LogP contribution in [-0.4, -0.2) is 48.2 Å². The lowest BCUT2D eigenvalue weighted by molar-refractivity contribution is -0.314. The number of carbonyl (C=O) groups is 1. The highest BCUT2D eigenvalue weighted by atomic mass is 32.2. The number of hydrogen-bond acceptors (Lipinski definition) is 4. The molecule has 0 saturated carbocycles. The molecule has 1 rings (SSSR count). The van der Waals surface area contributed by atoms with E-state index in [-0.39, 0.29) is 0 Å². The van der Waals surface area contributed by atoms with Crippen molar-refractivity contribution in [1.29, 1.82) is 0 Å². The average molecular weight is 278 g/mol. The molecule has 0 bridgehead atoms. The summed E-state index contributed by atoms with van der Waals surface area (Å²) in [5.74, 6) is -0.0257. The quantitative estimate of drug-likeness (QED) is 0.561. The van der Waals surface area contributed by atoms with E-state index in [9.17, 15) is 9.90 Å². The highest BCUT2D eigenvalue weighted by Gasteiger charge is 2.14. The largest absolute Gasteiger partial charge is 0.547 e. The molecular formula is C13H26O4S. The molecular weight excluding hydrogens is 252 g/mol. The Balaban J connectivity index is 0.000000411. The number of rotatable bonds is 6. The molecule has 0 spiro atoms. The van der Waals surface area contributed by atoms with E-state index in [1.807, 2.05) is 0 Å². The molecule has 1 saturated heterocycles. The highest BCUT2D eigenvalue weighted by Crippen LogP contribution is 2.17. The van der Waals surface area contributed by atoms with Crippen LogP contribution in [0, 0.1) is 0 Å². The molecule has 0 radical (unpaired) electrons. The number of hydrogen-bond donors (Lipinski definition) is 1. The van der Waals surface area contributed by atoms with E-state index in [2.05, 4.69) is 12.5 Å². The lowest BCUT2D eigenvalue weighted by atomic mass is 10.1. The van der Waals surface area contributed by atoms with Crippen LogP contribution >= 0.6 is 0 Å². The Morgan fingerprint density at radius 1 is 1.50 bits per heavy atom. The van der Waals surface area contributed by atoms with E-state index in [0.717, 1.165) is 13.5 Å². The molecule has 0 amide bonds. The molecule has 1 fully saturated rings. The van der Waals surface area contributed by atoms with Crippen LogP contribution in [-0.2, 0) is 20.4 Å². The number of aliphatic hydroxyl groups excluding tert-OH is 1. The van der Waals surface area contributed by atoms with Crippen molar-refractivity contribution in [3.63, 3.8) is 0 Å². The van der Waals surface area contributed by atoms with Gasteiger partial charge in [0.15, 0.2) is 0 Å². The number of unbranched alkanes of at least 4 members (excludes halogenated alkanes) is 1. The zero-order valence-electron chi connectivity index (χ0n) is 11.7. The van der Waals surface area contributed by atoms with Crippen molar-refractivity contribution in [2.45, 2.75) is 51.2 Å². The van der Waals surface area contributed by atoms with Crippen LogP contribution in [0.25, 0.3) is 0 Å². The topological polar surface area (TPSA) is 69.6 Å². The standard InChI is InChI=1S/C10H21OS.C3H6O3/c1-12(2)9-4-3-6-10-7-5-8-11-10;1-2(4)3(5)6/h10H,3-9H2,1-2H3;2,4H,1H3,(H,5,6)/q+1;/p-1. The summed E-state index contributed by atoms with van der Waals surface area (Å²) in [4.78, 5) is 9.34. The third-order valence-corrected chi connectivity index (χ3v) is 3.80. The Labute approximate surface area is 113 Å². The molecule has 1 N–H and O–H groups in total. The van der Waals surface area contributed by atoms with Gasteiger partial charge in [-0.05, 0) is 49.9 Å². The van der Waals surface area contributed by atoms with Crippen molar-refractivity contribution >= 4 is 16.9 Å². The van der Waals surface area contributed by atoms with E-state index in [1.165, 1.54) is 37.9 Å². The second kappa shape index (κ2) is 10.6. The molecule has 2 atom stereocenters. The summed E-state index contributed by atoms with van der Waals surface area (Å²) in [6, 6.07) is 0. The van der Waals surface area contributed by atoms with Crippen LogP contribution in [0.5, 0.6) is 0 Å². The van der Waals surface area contributed by atoms with Gasteiger partial charge in [0.25, 0.3) is 0 Å². The molecule has 18 heavy (non-hydrogen) atoms. The Morgan fingerprint density at radius 2 is 2.11 bits per heavy atom. The SMILES string of the molecule is CC(O)C(=O)[O-].C[S+](C)CCCCC1CCCO1. The zero-order valence-corrected chi connectivity index (χ0v) is 12.5. The summed E-state index contributed by atoms with van der Waals surface area (Å²) in [6.07, 6.45) is 10.6. The minimum atomic E-state index is -1.44. The number of ether oxygens (including phenoxy) is 1. The number of carboxylic acids is 1. The van der Waals surface area contributed by atoms with Crippen LogP contribution in [0.2, 0.25) is 0 Å². The predicted molar refractivity (Wildman–Crippen MR) is 73.6 cm³/mol. The summed E-state index contributed by atoms with van der Waals surface area (Å²) in [5.41, 5.74) is 0. The van der Waals surface area contributed by atoms with Gasteiger partial charge in [0, 0.05) is 6.61 Å². The second-order valence-corrected chi connectivity index (χ2v) is 7.19. The van der Waals surface area contributed by atoms with Crippen LogP contribution in [0.1, 0.15) is 39.0 Å². The maximum atomic E-state index is 9.34. The zero-order chi connectivity index (χ0) is 14.0. The van der Waals surface area contributed by atoms with Gasteiger partial charge in [-0.2, -0.15) is 0 Å². The third kappa shape index (κ3) is 10.9. The maximum absolute atomic E-state index is 9.34. The summed E-state index contributed by atoms with van der Waals surface area (Å²) >= 11 is 0. The molecule has 0 aromatic heterocycles. The first kappa shape index (κ1) is 17.7. The van der Waals surface area contributed by atoms with E-state index >= 15 is 0 Å². The lowest BCUT2D eigenvalue weighted by Gasteiger charge is -2.07. The second-order valence-electron chi connectivity index (χ2n) is 4.82. The van der Waals surface area contributed by atoms with Crippen LogP contribution in [0.3, 0.4) is 0 Å². The molecule has 2 unspecified atom stereocenters. The monoisotopic (exact) mass is 278 g/mol. The van der Waals surface area contributed by atoms with Gasteiger partial charge in [-0.25, -0.2) is 0 Å². The Kier molecular flexibility index (Phi) is 10.5. The van der Waals surface area contributed by atoms with Gasteiger partial charge in [0.2, 0.25) is 0 Å². The third-order valence-electron chi connectivity index (χ3n) is 2.69. The maximum Gasteiger partial charge on any atom is 0.107 e. The summed E-state index contributed by atoms with van der Waals surface area (Å²) in [6.45, 7) is 2.14. The molecule has 4 nitrogen and oxygen atoms in total. The van der Waals surface area contributed by atoms with E-state index < -0.39 is 12.1 Å². The molecule has 0 aliphatic carbocycles. The van der Waals surface area contributed by atoms with E-state index in [4.69, 9.17) is 9.84 Å². The van der Waals surface area contributed by atoms with Crippen molar-refractivity contribution in [2.24, 2.45) is 0 Å². The molecule has 1 heterocycles. The van der Waals surface area contributed by atoms with Crippen molar-refractivity contribution < 1.29 is 19.7 Å². The number of carbonyl (C=O) groups excluding carboxylic acids is 1. The Hall–Kier alpha value is -0.260. The first-order valence-corrected chi connectivity index (χ1v) is 8.69. The van der Waals surface area contributed by atoms with Gasteiger partial charge in [-0.3, -0.25) is 0 Å². The van der Waals surface area contributed by atoms with Gasteiger partial charge >= 0.3 is 0 Å². The van der Waals surface area contributed by atoms with Gasteiger partial charge < -0.3 is 19.7 Å². The average Bonchev–Trinajstić information content (AvgIpc) is 2.77. The van der Waals surface area contributed by atoms with E-state index in [0.29, 0.717) is 17.0 Å². The van der Waals surface area contributed by atoms with Crippen LogP contribution in [0.4, 0.5) is 0 Å². The minimum Gasteiger partial charge on any atom is -0.547 e. The van der Waals surface area contributed by atoms with Gasteiger partial charge in [-0.15, -0.1) is 0 Å².